The first kappa shape index (κ1) is 30.4. The zero-order valence-electron chi connectivity index (χ0n) is 29.3. The molecule has 0 amide bonds. The smallest absolute Gasteiger partial charge is 0.0508 e. The molecule has 0 unspecified atom stereocenters. The van der Waals surface area contributed by atoms with Gasteiger partial charge in [0.05, 0.1) is 5.69 Å². The van der Waals surface area contributed by atoms with E-state index in [-0.39, 0.29) is 5.41 Å². The van der Waals surface area contributed by atoms with Crippen molar-refractivity contribution in [1.29, 1.82) is 0 Å². The van der Waals surface area contributed by atoms with Gasteiger partial charge in [-0.1, -0.05) is 166 Å². The van der Waals surface area contributed by atoms with Gasteiger partial charge in [0.25, 0.3) is 0 Å². The van der Waals surface area contributed by atoms with Crippen LogP contribution in [-0.2, 0) is 5.41 Å². The average molecular weight is 664 g/mol. The Morgan fingerprint density at radius 1 is 0.385 bits per heavy atom. The fourth-order valence-corrected chi connectivity index (χ4v) is 8.68. The summed E-state index contributed by atoms with van der Waals surface area (Å²) in [5.74, 6) is 0. The minimum Gasteiger partial charge on any atom is -0.310 e. The first-order valence-corrected chi connectivity index (χ1v) is 18.2. The van der Waals surface area contributed by atoms with Crippen LogP contribution in [0.2, 0.25) is 0 Å². The SMILES string of the molecule is CC1(C)c2c(cccc2N(c2ccc(-c3ccccc3)cc2)c2ccc3ccccc3c2)-c2c(-c3ccc4ccccc4c3)ccc3cccc1c23. The maximum atomic E-state index is 2.48. The molecule has 9 aromatic carbocycles. The molecule has 10 rings (SSSR count). The summed E-state index contributed by atoms with van der Waals surface area (Å²) in [6, 6.07) is 69.2. The number of anilines is 3. The van der Waals surface area contributed by atoms with Crippen molar-refractivity contribution >= 4 is 49.4 Å². The lowest BCUT2D eigenvalue weighted by Crippen LogP contribution is -2.27. The topological polar surface area (TPSA) is 3.24 Å². The first-order chi connectivity index (χ1) is 25.5. The Kier molecular flexibility index (Phi) is 6.91. The standard InChI is InChI=1S/C51H37N/c1-51(2)46-20-10-18-38-27-31-44(41-23-22-35-14-6-8-16-39(35)32-41)49(48(38)46)45-19-11-21-47(50(45)51)52(43-30-26-36-15-7-9-17-40(36)33-43)42-28-24-37(25-29-42)34-12-4-3-5-13-34/h3-33H,1-2H3. The molecule has 0 radical (unpaired) electrons. The van der Waals surface area contributed by atoms with E-state index in [1.165, 1.54) is 82.5 Å². The Morgan fingerprint density at radius 2 is 0.962 bits per heavy atom. The summed E-state index contributed by atoms with van der Waals surface area (Å²) in [6.45, 7) is 4.82. The van der Waals surface area contributed by atoms with Gasteiger partial charge in [-0.2, -0.15) is 0 Å². The zero-order chi connectivity index (χ0) is 34.8. The van der Waals surface area contributed by atoms with Crippen molar-refractivity contribution in [3.8, 4) is 33.4 Å². The second-order valence-corrected chi connectivity index (χ2v) is 14.6. The monoisotopic (exact) mass is 663 g/mol. The van der Waals surface area contributed by atoms with Crippen molar-refractivity contribution in [2.24, 2.45) is 0 Å². The lowest BCUT2D eigenvalue weighted by molar-refractivity contribution is 0.646. The molecule has 0 fully saturated rings. The predicted octanol–water partition coefficient (Wildman–Crippen LogP) is 14.3. The van der Waals surface area contributed by atoms with Crippen LogP contribution < -0.4 is 4.90 Å². The molecular formula is C51H37N. The Bertz CT molecular complexity index is 2810. The maximum Gasteiger partial charge on any atom is 0.0508 e. The van der Waals surface area contributed by atoms with Crippen LogP contribution in [0.1, 0.15) is 25.0 Å². The van der Waals surface area contributed by atoms with E-state index in [0.29, 0.717) is 0 Å². The molecule has 0 saturated heterocycles. The van der Waals surface area contributed by atoms with Crippen molar-refractivity contribution in [2.75, 3.05) is 4.90 Å². The van der Waals surface area contributed by atoms with Crippen molar-refractivity contribution in [2.45, 2.75) is 19.3 Å². The highest BCUT2D eigenvalue weighted by molar-refractivity contribution is 6.11. The van der Waals surface area contributed by atoms with E-state index in [9.17, 15) is 0 Å². The van der Waals surface area contributed by atoms with Crippen LogP contribution in [-0.4, -0.2) is 0 Å². The van der Waals surface area contributed by atoms with Crippen molar-refractivity contribution in [1.82, 2.24) is 0 Å². The number of nitrogens with zero attached hydrogens (tertiary/aromatic N) is 1. The fourth-order valence-electron chi connectivity index (χ4n) is 8.68. The van der Waals surface area contributed by atoms with Gasteiger partial charge in [-0.15, -0.1) is 0 Å². The predicted molar refractivity (Wildman–Crippen MR) is 222 cm³/mol. The third-order valence-corrected chi connectivity index (χ3v) is 11.2. The molecule has 0 aliphatic heterocycles. The number of hydrogen-bond acceptors (Lipinski definition) is 1. The van der Waals surface area contributed by atoms with E-state index in [0.717, 1.165) is 11.4 Å². The summed E-state index contributed by atoms with van der Waals surface area (Å²) in [4.78, 5) is 2.48. The number of benzene rings is 9. The molecule has 0 atom stereocenters. The molecule has 0 N–H and O–H groups in total. The summed E-state index contributed by atoms with van der Waals surface area (Å²) < 4.78 is 0. The number of rotatable bonds is 5. The molecule has 246 valence electrons. The van der Waals surface area contributed by atoms with Gasteiger partial charge < -0.3 is 4.90 Å². The molecule has 0 aromatic heterocycles. The van der Waals surface area contributed by atoms with Gasteiger partial charge >= 0.3 is 0 Å². The Balaban J connectivity index is 1.24. The number of fused-ring (bicyclic) bond motifs is 4. The van der Waals surface area contributed by atoms with E-state index in [2.05, 4.69) is 207 Å². The normalized spacial score (nSPS) is 13.0. The van der Waals surface area contributed by atoms with Gasteiger partial charge in [0.15, 0.2) is 0 Å². The van der Waals surface area contributed by atoms with Crippen LogP contribution in [0.5, 0.6) is 0 Å². The second kappa shape index (κ2) is 11.8. The van der Waals surface area contributed by atoms with Gasteiger partial charge in [-0.25, -0.2) is 0 Å². The third kappa shape index (κ3) is 4.77. The van der Waals surface area contributed by atoms with Gasteiger partial charge in [-0.05, 0) is 113 Å². The highest BCUT2D eigenvalue weighted by Gasteiger charge is 2.38. The third-order valence-electron chi connectivity index (χ3n) is 11.2. The van der Waals surface area contributed by atoms with Gasteiger partial charge in [0.2, 0.25) is 0 Å². The Labute approximate surface area is 305 Å². The fraction of sp³-hybridized carbons (Fsp3) is 0.0588. The molecule has 0 heterocycles. The summed E-state index contributed by atoms with van der Waals surface area (Å²) in [7, 11) is 0. The maximum absolute atomic E-state index is 2.48. The molecule has 1 aliphatic rings. The van der Waals surface area contributed by atoms with Crippen LogP contribution in [0.15, 0.2) is 188 Å². The lowest BCUT2D eigenvalue weighted by Gasteiger charge is -2.40. The molecule has 1 nitrogen and oxygen atoms in total. The molecule has 1 heteroatoms. The summed E-state index contributed by atoms with van der Waals surface area (Å²) in [5, 5.41) is 7.61. The van der Waals surface area contributed by atoms with Crippen LogP contribution >= 0.6 is 0 Å². The Morgan fingerprint density at radius 3 is 1.73 bits per heavy atom. The Hall–Kier alpha value is -6.44. The lowest BCUT2D eigenvalue weighted by atomic mass is 9.66. The van der Waals surface area contributed by atoms with Gasteiger partial charge in [0.1, 0.15) is 0 Å². The van der Waals surface area contributed by atoms with E-state index >= 15 is 0 Å². The van der Waals surface area contributed by atoms with E-state index in [1.54, 1.807) is 0 Å². The minimum atomic E-state index is -0.278. The molecule has 0 spiro atoms. The molecule has 1 aliphatic carbocycles. The van der Waals surface area contributed by atoms with E-state index in [4.69, 9.17) is 0 Å². The quantitative estimate of drug-likeness (QED) is 0.177. The summed E-state index contributed by atoms with van der Waals surface area (Å²) >= 11 is 0. The van der Waals surface area contributed by atoms with E-state index < -0.39 is 0 Å². The van der Waals surface area contributed by atoms with Gasteiger partial charge in [0, 0.05) is 16.8 Å². The second-order valence-electron chi connectivity index (χ2n) is 14.6. The average Bonchev–Trinajstić information content (AvgIpc) is 3.20. The molecule has 0 bridgehead atoms. The van der Waals surface area contributed by atoms with Crippen molar-refractivity contribution in [3.05, 3.63) is 199 Å². The van der Waals surface area contributed by atoms with Crippen LogP contribution in [0.3, 0.4) is 0 Å². The van der Waals surface area contributed by atoms with Crippen LogP contribution in [0, 0.1) is 0 Å². The molecule has 9 aromatic rings. The zero-order valence-corrected chi connectivity index (χ0v) is 29.3. The van der Waals surface area contributed by atoms with Crippen molar-refractivity contribution in [3.63, 3.8) is 0 Å². The number of hydrogen-bond donors (Lipinski definition) is 0. The largest absolute Gasteiger partial charge is 0.310 e. The first-order valence-electron chi connectivity index (χ1n) is 18.2. The summed E-state index contributed by atoms with van der Waals surface area (Å²) in [6.07, 6.45) is 0. The summed E-state index contributed by atoms with van der Waals surface area (Å²) in [5.41, 5.74) is 13.4. The van der Waals surface area contributed by atoms with Crippen LogP contribution in [0.4, 0.5) is 17.1 Å². The van der Waals surface area contributed by atoms with Gasteiger partial charge in [-0.3, -0.25) is 0 Å². The minimum absolute atomic E-state index is 0.278. The van der Waals surface area contributed by atoms with Crippen molar-refractivity contribution < 1.29 is 0 Å². The molecular weight excluding hydrogens is 627 g/mol. The molecule has 52 heavy (non-hydrogen) atoms. The molecule has 0 saturated carbocycles. The highest BCUT2D eigenvalue weighted by atomic mass is 15.1. The highest BCUT2D eigenvalue weighted by Crippen LogP contribution is 2.56. The van der Waals surface area contributed by atoms with E-state index in [1.807, 2.05) is 0 Å². The van der Waals surface area contributed by atoms with Crippen LogP contribution in [0.25, 0.3) is 65.7 Å².